The summed E-state index contributed by atoms with van der Waals surface area (Å²) in [6, 6.07) is 74.7. The van der Waals surface area contributed by atoms with Crippen LogP contribution in [0.4, 0.5) is 4.39 Å². The quantitative estimate of drug-likeness (QED) is 0.0176. The summed E-state index contributed by atoms with van der Waals surface area (Å²) in [6.45, 7) is 11.2. The molecule has 1 aliphatic rings. The van der Waals surface area contributed by atoms with Gasteiger partial charge in [0.2, 0.25) is 46.9 Å². The fourth-order valence-corrected chi connectivity index (χ4v) is 16.8. The molecular formula is C105H115FN20O12. The van der Waals surface area contributed by atoms with Crippen LogP contribution in [-0.2, 0) is 77.4 Å². The molecule has 4 amide bonds. The van der Waals surface area contributed by atoms with Crippen LogP contribution in [-0.4, -0.2) is 195 Å². The van der Waals surface area contributed by atoms with Crippen molar-refractivity contribution >= 4 is 47.5 Å². The van der Waals surface area contributed by atoms with Gasteiger partial charge in [-0.15, -0.1) is 40.8 Å². The average Bonchev–Trinajstić information content (AvgIpc) is 1.73. The molecule has 0 saturated heterocycles. The van der Waals surface area contributed by atoms with E-state index in [2.05, 4.69) is 89.4 Å². The Morgan fingerprint density at radius 3 is 0.870 bits per heavy atom. The molecule has 14 aromatic rings. The van der Waals surface area contributed by atoms with E-state index in [0.717, 1.165) is 152 Å². The molecule has 0 bridgehead atoms. The Balaban J connectivity index is 0.000000165. The summed E-state index contributed by atoms with van der Waals surface area (Å²) in [5.74, 6) is -2.68. The van der Waals surface area contributed by atoms with E-state index in [1.54, 1.807) is 24.0 Å². The van der Waals surface area contributed by atoms with E-state index in [9.17, 15) is 63.2 Å². The number of H-pyrrole nitrogens is 4. The molecule has 1 fully saturated rings. The van der Waals surface area contributed by atoms with Crippen LogP contribution in [0, 0.1) is 11.2 Å². The number of tetrazole rings is 4. The maximum absolute atomic E-state index is 13.4. The highest BCUT2D eigenvalue weighted by molar-refractivity contribution is 5.88. The van der Waals surface area contributed by atoms with Crippen LogP contribution in [0.5, 0.6) is 0 Å². The van der Waals surface area contributed by atoms with E-state index in [1.165, 1.54) is 26.8 Å². The lowest BCUT2D eigenvalue weighted by molar-refractivity contribution is -0.152. The zero-order valence-electron chi connectivity index (χ0n) is 78.0. The van der Waals surface area contributed by atoms with Crippen molar-refractivity contribution in [3.8, 4) is 90.1 Å². The lowest BCUT2D eigenvalue weighted by Crippen LogP contribution is -2.46. The van der Waals surface area contributed by atoms with Crippen LogP contribution in [0.2, 0.25) is 0 Å². The summed E-state index contributed by atoms with van der Waals surface area (Å²) in [5.41, 5.74) is 15.3. The molecule has 33 heteroatoms. The minimum Gasteiger partial charge on any atom is -0.481 e. The molecular weight excluding hydrogens is 1750 g/mol. The fourth-order valence-electron chi connectivity index (χ4n) is 16.8. The topological polar surface area (TPSA) is 448 Å². The number of hydrogen-bond acceptors (Lipinski definition) is 20. The second-order valence-electron chi connectivity index (χ2n) is 33.9. The number of halogens is 1. The van der Waals surface area contributed by atoms with Crippen molar-refractivity contribution in [2.24, 2.45) is 5.41 Å². The van der Waals surface area contributed by atoms with Crippen LogP contribution in [0.25, 0.3) is 90.1 Å². The Hall–Kier alpha value is -15.8. The molecule has 1 saturated carbocycles. The van der Waals surface area contributed by atoms with Crippen molar-refractivity contribution in [3.05, 3.63) is 288 Å². The first-order chi connectivity index (χ1) is 67.1. The van der Waals surface area contributed by atoms with Gasteiger partial charge in [-0.3, -0.25) is 24.0 Å². The number of carbonyl (C=O) groups is 8. The normalized spacial score (nSPS) is 12.5. The van der Waals surface area contributed by atoms with E-state index in [0.29, 0.717) is 80.4 Å². The zero-order valence-corrected chi connectivity index (χ0v) is 78.0. The number of amides is 4. The van der Waals surface area contributed by atoms with Crippen LogP contribution in [0.1, 0.15) is 177 Å². The Morgan fingerprint density at radius 2 is 0.594 bits per heavy atom. The Labute approximate surface area is 799 Å². The lowest BCUT2D eigenvalue weighted by atomic mass is 9.85. The maximum atomic E-state index is 13.4. The summed E-state index contributed by atoms with van der Waals surface area (Å²) in [5, 5.41) is 96.9. The van der Waals surface area contributed by atoms with Gasteiger partial charge in [-0.25, -0.2) is 18.8 Å². The molecule has 32 nitrogen and oxygen atoms in total. The summed E-state index contributed by atoms with van der Waals surface area (Å²) in [7, 11) is 0. The third kappa shape index (κ3) is 27.7. The number of rotatable bonds is 42. The SMILES string of the molecule is CCCCC(=O)N(Cc1ccc(-c2ccccc2-c2nn[nH]n2)cc1)C(Cc1ccc(F)cc1)C(=O)O.CCCCC(=O)N(Cc1ccc(-c2ccccc2-c2nn[nH]n2)cc1)C(Cc1ccccc1)C(=O)O.CCCCC(=O)N(Cc1ccc(-c2ccccc2-c2nn[nH]n2)cc1)CC1(C(=O)O)CCCC1.CCCCC(=O)N(Cc1ccc(-c2ccccc2-c2nn[nH]n2)cc1)[C@@H](CC)C(=O)O. The molecule has 8 N–H and O–H groups in total. The third-order valence-corrected chi connectivity index (χ3v) is 24.3. The molecule has 138 heavy (non-hydrogen) atoms. The Bertz CT molecular complexity index is 6220. The average molecular weight is 1870 g/mol. The van der Waals surface area contributed by atoms with E-state index in [-0.39, 0.29) is 69.1 Å². The van der Waals surface area contributed by atoms with Gasteiger partial charge in [-0.1, -0.05) is 310 Å². The second-order valence-corrected chi connectivity index (χ2v) is 33.9. The van der Waals surface area contributed by atoms with Crippen molar-refractivity contribution in [2.75, 3.05) is 6.54 Å². The van der Waals surface area contributed by atoms with Crippen LogP contribution in [0.3, 0.4) is 0 Å². The molecule has 2 unspecified atom stereocenters. The number of carboxylic acid groups (broad SMARTS) is 4. The highest BCUT2D eigenvalue weighted by Crippen LogP contribution is 2.41. The predicted octanol–water partition coefficient (Wildman–Crippen LogP) is 18.2. The van der Waals surface area contributed by atoms with E-state index in [4.69, 9.17) is 0 Å². The van der Waals surface area contributed by atoms with Crippen molar-refractivity contribution in [1.82, 2.24) is 102 Å². The van der Waals surface area contributed by atoms with Gasteiger partial charge in [-0.05, 0) is 156 Å². The molecule has 15 rings (SSSR count). The minimum absolute atomic E-state index is 0.0286. The highest BCUT2D eigenvalue weighted by Gasteiger charge is 2.44. The van der Waals surface area contributed by atoms with Crippen molar-refractivity contribution in [2.45, 2.75) is 201 Å². The number of unbranched alkanes of at least 4 members (excludes halogenated alkanes) is 4. The first kappa shape index (κ1) is 101. The largest absolute Gasteiger partial charge is 0.481 e. The number of hydrogen-bond donors (Lipinski definition) is 8. The molecule has 10 aromatic carbocycles. The van der Waals surface area contributed by atoms with Gasteiger partial charge in [0.15, 0.2) is 0 Å². The van der Waals surface area contributed by atoms with Gasteiger partial charge in [0.25, 0.3) is 0 Å². The van der Waals surface area contributed by atoms with Crippen molar-refractivity contribution < 1.29 is 63.2 Å². The monoisotopic (exact) mass is 1870 g/mol. The summed E-state index contributed by atoms with van der Waals surface area (Å²) >= 11 is 0. The Kier molecular flexibility index (Phi) is 37.4. The smallest absolute Gasteiger partial charge is 0.326 e. The summed E-state index contributed by atoms with van der Waals surface area (Å²) in [4.78, 5) is 107. The zero-order chi connectivity index (χ0) is 97.7. The molecule has 714 valence electrons. The molecule has 0 spiro atoms. The molecule has 3 atom stereocenters. The lowest BCUT2D eigenvalue weighted by Gasteiger charge is -2.32. The number of carboxylic acids is 4. The molecule has 4 heterocycles. The van der Waals surface area contributed by atoms with Gasteiger partial charge in [0.1, 0.15) is 23.9 Å². The maximum Gasteiger partial charge on any atom is 0.326 e. The molecule has 1 aliphatic carbocycles. The van der Waals surface area contributed by atoms with E-state index >= 15 is 0 Å². The van der Waals surface area contributed by atoms with Crippen LogP contribution >= 0.6 is 0 Å². The number of aromatic amines is 4. The van der Waals surface area contributed by atoms with Crippen molar-refractivity contribution in [3.63, 3.8) is 0 Å². The van der Waals surface area contributed by atoms with Gasteiger partial charge in [0, 0.05) is 93.5 Å². The number of benzene rings is 10. The highest BCUT2D eigenvalue weighted by atomic mass is 19.1. The van der Waals surface area contributed by atoms with Gasteiger partial charge < -0.3 is 40.0 Å². The van der Waals surface area contributed by atoms with E-state index < -0.39 is 53.2 Å². The third-order valence-electron chi connectivity index (χ3n) is 24.3. The summed E-state index contributed by atoms with van der Waals surface area (Å²) in [6.07, 6.45) is 11.6. The second kappa shape index (κ2) is 51.0. The fraction of sp³-hybridized carbons (Fsp3) is 0.314. The number of carbonyl (C=O) groups excluding carboxylic acids is 4. The predicted molar refractivity (Wildman–Crippen MR) is 519 cm³/mol. The molecule has 0 radical (unpaired) electrons. The minimum atomic E-state index is -1.10. The van der Waals surface area contributed by atoms with E-state index in [1.807, 2.05) is 245 Å². The van der Waals surface area contributed by atoms with Gasteiger partial charge in [-0.2, -0.15) is 20.9 Å². The number of aliphatic carboxylic acids is 4. The van der Waals surface area contributed by atoms with Crippen molar-refractivity contribution in [1.29, 1.82) is 0 Å². The van der Waals surface area contributed by atoms with Gasteiger partial charge >= 0.3 is 23.9 Å². The standard InChI is InChI=1S/C28H28FN5O3.C28H29N5O3.C26H31N5O3.C23H27N5O3/c1-2-3-8-26(35)34(25(28(36)37)17-19-11-15-22(29)16-12-19)18-20-9-13-21(14-10-20)23-6-4-5-7-24(23)27-30-32-33-31-27;1-2-3-13-26(34)33(25(28(35)36)18-20-9-5-4-6-10-20)19-21-14-16-22(17-15-21)23-11-7-8-12-24(23)27-29-31-32-30-27;1-2-3-10-23(32)31(18-26(25(33)34)15-6-7-16-26)17-19-11-13-20(14-12-19)21-8-4-5-9-22(21)24-27-29-30-28-24;1-3-5-10-21(29)28(20(4-2)23(30)31)15-16-11-13-17(14-12-16)18-8-6-7-9-19(18)22-24-26-27-25-22/h4-7,9-16,25H,2-3,8,17-18H2,1H3,(H,36,37)(H,30,31,32,33);4-12,14-17,25H,2-3,13,18-19H2,1H3,(H,35,36)(H,29,30,31,32);4-5,8-9,11-14H,2-3,6-7,10,15-18H2,1H3,(H,33,34)(H,27,28,29,30);6-9,11-14,20H,3-5,10,15H2,1-2H3,(H,30,31)(H,24,25,26,27)/t;;;20-/m...0/s1. The van der Waals surface area contributed by atoms with Crippen LogP contribution in [0.15, 0.2) is 249 Å². The molecule has 0 aliphatic heterocycles. The summed E-state index contributed by atoms with van der Waals surface area (Å²) < 4.78 is 13.4. The van der Waals surface area contributed by atoms with Gasteiger partial charge in [0.05, 0.1) is 5.41 Å². The number of aromatic nitrogens is 16. The number of nitrogens with one attached hydrogen (secondary N) is 4. The first-order valence-electron chi connectivity index (χ1n) is 46.6. The number of nitrogens with zero attached hydrogens (tertiary/aromatic N) is 16. The molecule has 4 aromatic heterocycles. The first-order valence-corrected chi connectivity index (χ1v) is 46.6. The Morgan fingerprint density at radius 1 is 0.326 bits per heavy atom. The van der Waals surface area contributed by atoms with Crippen LogP contribution < -0.4 is 0 Å².